The lowest BCUT2D eigenvalue weighted by atomic mass is 9.86. The van der Waals surface area contributed by atoms with E-state index in [0.29, 0.717) is 24.7 Å². The molecule has 0 saturated heterocycles. The number of H-pyrrole nitrogens is 2. The van der Waals surface area contributed by atoms with E-state index < -0.39 is 0 Å². The number of amides is 2. The number of carbonyl (C=O) groups is 2. The first-order valence-corrected chi connectivity index (χ1v) is 17.8. The Morgan fingerprint density at radius 2 is 0.960 bits per heavy atom. The van der Waals surface area contributed by atoms with Crippen LogP contribution in [-0.4, -0.2) is 31.8 Å². The van der Waals surface area contributed by atoms with Crippen molar-refractivity contribution in [3.05, 3.63) is 84.7 Å². The van der Waals surface area contributed by atoms with Gasteiger partial charge in [0.05, 0.1) is 23.5 Å². The van der Waals surface area contributed by atoms with Gasteiger partial charge in [0.15, 0.2) is 0 Å². The van der Waals surface area contributed by atoms with Gasteiger partial charge in [-0.3, -0.25) is 9.59 Å². The quantitative estimate of drug-likeness (QED) is 0.112. The molecule has 0 radical (unpaired) electrons. The molecule has 2 unspecified atom stereocenters. The van der Waals surface area contributed by atoms with Crippen LogP contribution in [0, 0.1) is 22.7 Å². The SMILES string of the molecule is CC(C)CC(=O)NC(c1nc(-c2ccc(-c3ccc4cc(-c5c[nH]c(C(NC(=O)CC(C)C)C(C)(C)C)n5)ccc4c3)cc2)c[nH]1)C(C)(C)C. The average molecular weight is 675 g/mol. The van der Waals surface area contributed by atoms with Crippen LogP contribution in [0.5, 0.6) is 0 Å². The molecule has 2 aromatic heterocycles. The highest BCUT2D eigenvalue weighted by Crippen LogP contribution is 2.35. The van der Waals surface area contributed by atoms with E-state index in [1.165, 1.54) is 0 Å². The average Bonchev–Trinajstić information content (AvgIpc) is 3.71. The summed E-state index contributed by atoms with van der Waals surface area (Å²) in [6.45, 7) is 20.9. The molecule has 4 N–H and O–H groups in total. The van der Waals surface area contributed by atoms with Crippen LogP contribution < -0.4 is 10.6 Å². The van der Waals surface area contributed by atoms with Gasteiger partial charge in [0.25, 0.3) is 0 Å². The second kappa shape index (κ2) is 14.6. The molecule has 264 valence electrons. The summed E-state index contributed by atoms with van der Waals surface area (Å²) >= 11 is 0. The minimum Gasteiger partial charge on any atom is -0.346 e. The zero-order valence-electron chi connectivity index (χ0n) is 31.4. The molecule has 0 aliphatic heterocycles. The molecule has 0 spiro atoms. The highest BCUT2D eigenvalue weighted by atomic mass is 16.2. The summed E-state index contributed by atoms with van der Waals surface area (Å²) in [5.74, 6) is 2.18. The summed E-state index contributed by atoms with van der Waals surface area (Å²) in [4.78, 5) is 41.8. The summed E-state index contributed by atoms with van der Waals surface area (Å²) in [5.41, 5.74) is 5.56. The van der Waals surface area contributed by atoms with Gasteiger partial charge >= 0.3 is 0 Å². The van der Waals surface area contributed by atoms with Crippen molar-refractivity contribution in [1.29, 1.82) is 0 Å². The number of imidazole rings is 2. The summed E-state index contributed by atoms with van der Waals surface area (Å²) in [6, 6.07) is 20.9. The number of hydrogen-bond donors (Lipinski definition) is 4. The van der Waals surface area contributed by atoms with Gasteiger partial charge in [-0.15, -0.1) is 0 Å². The van der Waals surface area contributed by atoms with Crippen LogP contribution in [0.1, 0.15) is 106 Å². The van der Waals surface area contributed by atoms with Gasteiger partial charge in [-0.2, -0.15) is 0 Å². The monoisotopic (exact) mass is 674 g/mol. The van der Waals surface area contributed by atoms with Gasteiger partial charge in [-0.1, -0.05) is 118 Å². The summed E-state index contributed by atoms with van der Waals surface area (Å²) in [6.07, 6.45) is 4.82. The number of hydrogen-bond acceptors (Lipinski definition) is 4. The van der Waals surface area contributed by atoms with Crippen LogP contribution in [0.25, 0.3) is 44.4 Å². The first kappa shape index (κ1) is 36.6. The van der Waals surface area contributed by atoms with Gasteiger partial charge in [-0.25, -0.2) is 9.97 Å². The molecule has 50 heavy (non-hydrogen) atoms. The third kappa shape index (κ3) is 8.89. The third-order valence-corrected chi connectivity index (χ3v) is 8.92. The van der Waals surface area contributed by atoms with E-state index in [1.54, 1.807) is 0 Å². The van der Waals surface area contributed by atoms with E-state index in [1.807, 2.05) is 26.2 Å². The molecule has 5 rings (SSSR count). The highest BCUT2D eigenvalue weighted by Gasteiger charge is 2.32. The molecule has 3 aromatic carbocycles. The molecule has 2 amide bonds. The number of aromatic amines is 2. The summed E-state index contributed by atoms with van der Waals surface area (Å²) in [5, 5.41) is 8.67. The van der Waals surface area contributed by atoms with Gasteiger partial charge in [-0.05, 0) is 56.7 Å². The maximum atomic E-state index is 12.7. The van der Waals surface area contributed by atoms with Crippen LogP contribution in [0.15, 0.2) is 73.1 Å². The summed E-state index contributed by atoms with van der Waals surface area (Å²) in [7, 11) is 0. The number of rotatable bonds is 11. The smallest absolute Gasteiger partial charge is 0.220 e. The molecule has 0 bridgehead atoms. The molecule has 5 aromatic rings. The standard InChI is InChI=1S/C42H54N6O2/c1-25(2)19-35(49)47-37(41(5,6)7)39-43-23-33(45-39)28-13-11-27(12-14-28)29-15-16-31-22-32(18-17-30(31)21-29)34-24-44-40(46-34)38(42(8,9)10)48-36(50)20-26(3)4/h11-18,21-26,37-38H,19-20H2,1-10H3,(H,43,45)(H,44,46)(H,47,49)(H,48,50). The van der Waals surface area contributed by atoms with E-state index in [4.69, 9.17) is 9.97 Å². The van der Waals surface area contributed by atoms with E-state index >= 15 is 0 Å². The van der Waals surface area contributed by atoms with Gasteiger partial charge in [0, 0.05) is 36.4 Å². The number of benzene rings is 3. The molecule has 0 fully saturated rings. The Bertz CT molecular complexity index is 1940. The first-order valence-electron chi connectivity index (χ1n) is 17.8. The highest BCUT2D eigenvalue weighted by molar-refractivity contribution is 5.90. The second-order valence-corrected chi connectivity index (χ2v) is 16.6. The lowest BCUT2D eigenvalue weighted by Gasteiger charge is -2.30. The van der Waals surface area contributed by atoms with Crippen LogP contribution in [0.4, 0.5) is 0 Å². The lowest BCUT2D eigenvalue weighted by molar-refractivity contribution is -0.124. The van der Waals surface area contributed by atoms with Crippen molar-refractivity contribution >= 4 is 22.6 Å². The van der Waals surface area contributed by atoms with E-state index in [0.717, 1.165) is 56.1 Å². The van der Waals surface area contributed by atoms with Crippen molar-refractivity contribution in [2.75, 3.05) is 0 Å². The Kier molecular flexibility index (Phi) is 10.7. The van der Waals surface area contributed by atoms with E-state index in [9.17, 15) is 9.59 Å². The van der Waals surface area contributed by atoms with Crippen molar-refractivity contribution in [1.82, 2.24) is 30.6 Å². The summed E-state index contributed by atoms with van der Waals surface area (Å²) < 4.78 is 0. The van der Waals surface area contributed by atoms with Crippen LogP contribution in [0.2, 0.25) is 0 Å². The van der Waals surface area contributed by atoms with E-state index in [-0.39, 0.29) is 34.7 Å². The molecule has 0 aliphatic carbocycles. The van der Waals surface area contributed by atoms with E-state index in [2.05, 4.69) is 137 Å². The Hall–Kier alpha value is -4.72. The van der Waals surface area contributed by atoms with Crippen molar-refractivity contribution in [2.45, 2.75) is 94.2 Å². The van der Waals surface area contributed by atoms with Crippen molar-refractivity contribution in [3.8, 4) is 33.6 Å². The fourth-order valence-corrected chi connectivity index (χ4v) is 6.25. The predicted octanol–water partition coefficient (Wildman–Crippen LogP) is 9.79. The first-order chi connectivity index (χ1) is 23.5. The molecule has 8 heteroatoms. The Morgan fingerprint density at radius 3 is 1.40 bits per heavy atom. The lowest BCUT2D eigenvalue weighted by Crippen LogP contribution is -2.37. The number of carbonyl (C=O) groups excluding carboxylic acids is 2. The van der Waals surface area contributed by atoms with Crippen molar-refractivity contribution < 1.29 is 9.59 Å². The van der Waals surface area contributed by atoms with Crippen molar-refractivity contribution in [2.24, 2.45) is 22.7 Å². The fraction of sp³-hybridized carbons (Fsp3) is 0.429. The molecule has 2 atom stereocenters. The number of aromatic nitrogens is 4. The minimum atomic E-state index is -0.227. The molecular weight excluding hydrogens is 621 g/mol. The molecule has 0 saturated carbocycles. The molecular formula is C42H54N6O2. The molecule has 2 heterocycles. The minimum absolute atomic E-state index is 0.0394. The zero-order chi connectivity index (χ0) is 36.4. The zero-order valence-corrected chi connectivity index (χ0v) is 31.4. The van der Waals surface area contributed by atoms with Gasteiger partial charge in [0.2, 0.25) is 11.8 Å². The van der Waals surface area contributed by atoms with Crippen LogP contribution in [0.3, 0.4) is 0 Å². The molecule has 0 aliphatic rings. The Balaban J connectivity index is 1.32. The van der Waals surface area contributed by atoms with Crippen LogP contribution >= 0.6 is 0 Å². The maximum absolute atomic E-state index is 12.7. The normalized spacial score (nSPS) is 13.5. The Labute approximate surface area is 297 Å². The second-order valence-electron chi connectivity index (χ2n) is 16.6. The van der Waals surface area contributed by atoms with Crippen LogP contribution in [-0.2, 0) is 9.59 Å². The Morgan fingerprint density at radius 1 is 0.580 bits per heavy atom. The number of fused-ring (bicyclic) bond motifs is 1. The van der Waals surface area contributed by atoms with Crippen molar-refractivity contribution in [3.63, 3.8) is 0 Å². The largest absolute Gasteiger partial charge is 0.346 e. The number of nitrogens with one attached hydrogen (secondary N) is 4. The van der Waals surface area contributed by atoms with Gasteiger partial charge in [0.1, 0.15) is 11.6 Å². The maximum Gasteiger partial charge on any atom is 0.220 e. The predicted molar refractivity (Wildman–Crippen MR) is 204 cm³/mol. The number of nitrogens with zero attached hydrogens (tertiary/aromatic N) is 2. The van der Waals surface area contributed by atoms with Gasteiger partial charge < -0.3 is 20.6 Å². The fourth-order valence-electron chi connectivity index (χ4n) is 6.25. The molecule has 8 nitrogen and oxygen atoms in total. The topological polar surface area (TPSA) is 116 Å². The third-order valence-electron chi connectivity index (χ3n) is 8.92.